The van der Waals surface area contributed by atoms with Crippen LogP contribution in [0.5, 0.6) is 0 Å². The van der Waals surface area contributed by atoms with E-state index >= 15 is 0 Å². The Bertz CT molecular complexity index is 1600. The molecule has 0 unspecified atom stereocenters. The fourth-order valence-corrected chi connectivity index (χ4v) is 5.21. The summed E-state index contributed by atoms with van der Waals surface area (Å²) < 4.78 is 33.3. The lowest BCUT2D eigenvalue weighted by atomic mass is 9.93. The Morgan fingerprint density at radius 3 is 2.32 bits per heavy atom. The summed E-state index contributed by atoms with van der Waals surface area (Å²) in [5, 5.41) is 10.7. The zero-order chi connectivity index (χ0) is 29.7. The van der Waals surface area contributed by atoms with Crippen molar-refractivity contribution in [2.24, 2.45) is 5.92 Å². The van der Waals surface area contributed by atoms with E-state index in [-0.39, 0.29) is 16.6 Å². The van der Waals surface area contributed by atoms with Crippen LogP contribution >= 0.6 is 23.2 Å². The second-order valence-corrected chi connectivity index (χ2v) is 10.5. The average Bonchev–Trinajstić information content (AvgIpc) is 3.24. The quantitative estimate of drug-likeness (QED) is 0.258. The molecule has 2 aromatic heterocycles. The van der Waals surface area contributed by atoms with Crippen LogP contribution in [0, 0.1) is 5.92 Å². The zero-order valence-electron chi connectivity index (χ0n) is 21.7. The molecule has 13 heteroatoms. The van der Waals surface area contributed by atoms with E-state index in [1.54, 1.807) is 22.6 Å². The van der Waals surface area contributed by atoms with E-state index in [1.807, 2.05) is 6.07 Å². The van der Waals surface area contributed by atoms with Crippen molar-refractivity contribution in [3.05, 3.63) is 86.3 Å². The number of rotatable bonds is 6. The molecule has 1 saturated heterocycles. The van der Waals surface area contributed by atoms with Crippen LogP contribution in [0.25, 0.3) is 16.6 Å². The maximum absolute atomic E-state index is 12.7. The van der Waals surface area contributed by atoms with Crippen molar-refractivity contribution in [1.29, 1.82) is 0 Å². The predicted molar refractivity (Wildman–Crippen MR) is 151 cm³/mol. The smallest absolute Gasteiger partial charge is 0.475 e. The highest BCUT2D eigenvalue weighted by Crippen LogP contribution is 2.28. The summed E-state index contributed by atoms with van der Waals surface area (Å²) in [6, 6.07) is 17.3. The van der Waals surface area contributed by atoms with Gasteiger partial charge in [-0.1, -0.05) is 53.5 Å². The molecule has 3 heterocycles. The van der Waals surface area contributed by atoms with Gasteiger partial charge in [-0.3, -0.25) is 18.9 Å². The number of fused-ring (bicyclic) bond motifs is 3. The molecule has 218 valence electrons. The number of hydrogen-bond donors (Lipinski definition) is 3. The molecule has 0 radical (unpaired) electrons. The zero-order valence-corrected chi connectivity index (χ0v) is 23.2. The Kier molecular flexibility index (Phi) is 9.62. The van der Waals surface area contributed by atoms with E-state index in [2.05, 4.69) is 39.5 Å². The number of piperidine rings is 1. The lowest BCUT2D eigenvalue weighted by molar-refractivity contribution is -0.192. The predicted octanol–water partition coefficient (Wildman–Crippen LogP) is 5.75. The van der Waals surface area contributed by atoms with Gasteiger partial charge in [0.1, 0.15) is 10.7 Å². The third-order valence-electron chi connectivity index (χ3n) is 6.92. The van der Waals surface area contributed by atoms with Gasteiger partial charge in [-0.25, -0.2) is 4.79 Å². The Morgan fingerprint density at radius 2 is 1.68 bits per heavy atom. The molecule has 2 aromatic carbocycles. The van der Waals surface area contributed by atoms with E-state index in [9.17, 15) is 22.8 Å². The lowest BCUT2D eigenvalue weighted by Gasteiger charge is -2.32. The maximum Gasteiger partial charge on any atom is 0.490 e. The van der Waals surface area contributed by atoms with Gasteiger partial charge >= 0.3 is 12.1 Å². The Morgan fingerprint density at radius 1 is 1.02 bits per heavy atom. The summed E-state index contributed by atoms with van der Waals surface area (Å²) in [6.45, 7) is 3.81. The molecule has 3 N–H and O–H groups in total. The number of aromatic nitrogens is 2. The molecule has 0 aliphatic carbocycles. The molecule has 0 atom stereocenters. The molecular weight excluding hydrogens is 584 g/mol. The van der Waals surface area contributed by atoms with Crippen LogP contribution in [0.15, 0.2) is 59.4 Å². The first-order chi connectivity index (χ1) is 19.4. The number of hydrogen-bond acceptors (Lipinski definition) is 4. The van der Waals surface area contributed by atoms with Crippen LogP contribution in [-0.2, 0) is 11.3 Å². The number of benzene rings is 2. The standard InChI is InChI=1S/C26H26Cl2N4O2.C2HF3O2/c27-20-15-23-26(34)30-21-14-19(6-7-22(21)32(23)24(20)28)25(33)29-11-8-17-9-12-31(13-10-17)16-18-4-2-1-3-5-18;3-2(4,5)1(6)7/h1-7,14-15,17H,8-13,16H2,(H,29,33)(H,30,34);(H,6,7). The lowest BCUT2D eigenvalue weighted by Crippen LogP contribution is -2.34. The number of aliphatic carboxylic acids is 1. The van der Waals surface area contributed by atoms with E-state index in [1.165, 1.54) is 11.6 Å². The number of aromatic amines is 1. The third-order valence-corrected chi connectivity index (χ3v) is 7.67. The number of likely N-dealkylation sites (tertiary alicyclic amines) is 1. The summed E-state index contributed by atoms with van der Waals surface area (Å²) in [7, 11) is 0. The largest absolute Gasteiger partial charge is 0.490 e. The number of halogens is 5. The molecule has 8 nitrogen and oxygen atoms in total. The van der Waals surface area contributed by atoms with Gasteiger partial charge in [0.2, 0.25) is 0 Å². The average molecular weight is 611 g/mol. The van der Waals surface area contributed by atoms with E-state index in [4.69, 9.17) is 33.1 Å². The second-order valence-electron chi connectivity index (χ2n) is 9.74. The molecule has 0 saturated carbocycles. The SMILES string of the molecule is O=C(NCCC1CCN(Cc2ccccc2)CC1)c1ccc2c(c1)[nH]c(=O)c1cc(Cl)c(Cl)n12.O=C(O)C(F)(F)F. The van der Waals surface area contributed by atoms with Gasteiger partial charge in [-0.05, 0) is 68.1 Å². The van der Waals surface area contributed by atoms with E-state index in [0.29, 0.717) is 39.6 Å². The summed E-state index contributed by atoms with van der Waals surface area (Å²) in [4.78, 5) is 39.4. The second kappa shape index (κ2) is 13.0. The van der Waals surface area contributed by atoms with Crippen molar-refractivity contribution in [2.45, 2.75) is 32.0 Å². The number of amides is 1. The van der Waals surface area contributed by atoms with Crippen molar-refractivity contribution in [2.75, 3.05) is 19.6 Å². The minimum atomic E-state index is -5.08. The third kappa shape index (κ3) is 7.60. The fraction of sp³-hybridized carbons (Fsp3) is 0.321. The number of nitrogens with zero attached hydrogens (tertiary/aromatic N) is 2. The van der Waals surface area contributed by atoms with Gasteiger partial charge in [0.15, 0.2) is 0 Å². The highest BCUT2D eigenvalue weighted by molar-refractivity contribution is 6.42. The van der Waals surface area contributed by atoms with E-state index < -0.39 is 12.1 Å². The Hall–Kier alpha value is -3.54. The molecule has 1 aliphatic heterocycles. The summed E-state index contributed by atoms with van der Waals surface area (Å²) >= 11 is 12.4. The Balaban J connectivity index is 0.000000493. The van der Waals surface area contributed by atoms with E-state index in [0.717, 1.165) is 38.9 Å². The fourth-order valence-electron chi connectivity index (χ4n) is 4.78. The van der Waals surface area contributed by atoms with Crippen LogP contribution in [0.2, 0.25) is 10.2 Å². The van der Waals surface area contributed by atoms with Crippen molar-refractivity contribution in [1.82, 2.24) is 19.6 Å². The minimum absolute atomic E-state index is 0.152. The molecule has 5 rings (SSSR count). The van der Waals surface area contributed by atoms with Crippen molar-refractivity contribution < 1.29 is 27.9 Å². The van der Waals surface area contributed by atoms with Crippen LogP contribution < -0.4 is 10.9 Å². The van der Waals surface area contributed by atoms with Gasteiger partial charge in [0.05, 0.1) is 16.1 Å². The van der Waals surface area contributed by atoms with Crippen molar-refractivity contribution >= 4 is 51.6 Å². The topological polar surface area (TPSA) is 107 Å². The van der Waals surface area contributed by atoms with Gasteiger partial charge < -0.3 is 15.4 Å². The van der Waals surface area contributed by atoms with Crippen LogP contribution in [0.3, 0.4) is 0 Å². The molecule has 0 spiro atoms. The highest BCUT2D eigenvalue weighted by atomic mass is 35.5. The number of carboxylic acid groups (broad SMARTS) is 1. The normalized spacial score (nSPS) is 14.6. The summed E-state index contributed by atoms with van der Waals surface area (Å²) in [5.41, 5.74) is 3.13. The molecular formula is C28H27Cl2F3N4O4. The summed E-state index contributed by atoms with van der Waals surface area (Å²) in [6.07, 6.45) is -1.82. The monoisotopic (exact) mass is 610 g/mol. The van der Waals surface area contributed by atoms with Crippen LogP contribution in [0.1, 0.15) is 35.2 Å². The number of carbonyl (C=O) groups excluding carboxylic acids is 1. The maximum atomic E-state index is 12.7. The van der Waals surface area contributed by atoms with Crippen LogP contribution in [0.4, 0.5) is 13.2 Å². The highest BCUT2D eigenvalue weighted by Gasteiger charge is 2.38. The van der Waals surface area contributed by atoms with Gasteiger partial charge in [0.25, 0.3) is 11.5 Å². The number of carbonyl (C=O) groups is 2. The molecule has 41 heavy (non-hydrogen) atoms. The van der Waals surface area contributed by atoms with Crippen molar-refractivity contribution in [3.8, 4) is 0 Å². The number of alkyl halides is 3. The first kappa shape index (κ1) is 30.4. The minimum Gasteiger partial charge on any atom is -0.475 e. The summed E-state index contributed by atoms with van der Waals surface area (Å²) in [5.74, 6) is -2.29. The number of nitrogens with one attached hydrogen (secondary N) is 2. The number of H-pyrrole nitrogens is 1. The molecule has 1 amide bonds. The first-order valence-corrected chi connectivity index (χ1v) is 13.6. The van der Waals surface area contributed by atoms with Crippen molar-refractivity contribution in [3.63, 3.8) is 0 Å². The molecule has 4 aromatic rings. The molecule has 0 bridgehead atoms. The van der Waals surface area contributed by atoms with Gasteiger partial charge in [-0.2, -0.15) is 13.2 Å². The van der Waals surface area contributed by atoms with Gasteiger partial charge in [0, 0.05) is 18.7 Å². The molecule has 1 fully saturated rings. The molecule has 1 aliphatic rings. The Labute approximate surface area is 242 Å². The first-order valence-electron chi connectivity index (χ1n) is 12.8. The van der Waals surface area contributed by atoms with Crippen LogP contribution in [-0.4, -0.2) is 57.1 Å². The van der Waals surface area contributed by atoms with Gasteiger partial charge in [-0.15, -0.1) is 0 Å². The number of carboxylic acids is 1.